The van der Waals surface area contributed by atoms with Crippen molar-refractivity contribution in [2.75, 3.05) is 11.6 Å². The first kappa shape index (κ1) is 15.4. The number of halogens is 3. The SMILES string of the molecule is O=C(O)C1CSCN1C(=O)c1ccc(C(F)(F)F)[nH]c1=O. The van der Waals surface area contributed by atoms with Gasteiger partial charge in [0.2, 0.25) is 0 Å². The fraction of sp³-hybridized carbons (Fsp3) is 0.364. The number of rotatable bonds is 2. The summed E-state index contributed by atoms with van der Waals surface area (Å²) >= 11 is 1.19. The van der Waals surface area contributed by atoms with Crippen molar-refractivity contribution in [2.45, 2.75) is 12.2 Å². The van der Waals surface area contributed by atoms with Crippen molar-refractivity contribution in [1.82, 2.24) is 9.88 Å². The molecule has 2 N–H and O–H groups in total. The Bertz CT molecular complexity index is 643. The summed E-state index contributed by atoms with van der Waals surface area (Å²) in [6.07, 6.45) is -4.73. The lowest BCUT2D eigenvalue weighted by Crippen LogP contribution is -2.43. The number of hydrogen-bond donors (Lipinski definition) is 2. The summed E-state index contributed by atoms with van der Waals surface area (Å²) in [6, 6.07) is 0.240. The lowest BCUT2D eigenvalue weighted by molar-refractivity contribution is -0.141. The summed E-state index contributed by atoms with van der Waals surface area (Å²) in [5.41, 5.74) is -2.98. The number of H-pyrrole nitrogens is 1. The number of hydrogen-bond acceptors (Lipinski definition) is 4. The van der Waals surface area contributed by atoms with Gasteiger partial charge in [-0.15, -0.1) is 11.8 Å². The van der Waals surface area contributed by atoms with Gasteiger partial charge in [-0.2, -0.15) is 13.2 Å². The number of amides is 1. The molecule has 0 saturated carbocycles. The highest BCUT2D eigenvalue weighted by molar-refractivity contribution is 7.99. The number of aliphatic carboxylic acids is 1. The van der Waals surface area contributed by atoms with Crippen LogP contribution < -0.4 is 5.56 Å². The highest BCUT2D eigenvalue weighted by atomic mass is 32.2. The number of carboxylic acid groups (broad SMARTS) is 1. The Hall–Kier alpha value is -1.97. The number of carboxylic acids is 1. The van der Waals surface area contributed by atoms with Gasteiger partial charge in [0.05, 0.1) is 5.88 Å². The quantitative estimate of drug-likeness (QED) is 0.847. The minimum atomic E-state index is -4.73. The lowest BCUT2D eigenvalue weighted by atomic mass is 10.2. The number of thioether (sulfide) groups is 1. The largest absolute Gasteiger partial charge is 0.480 e. The molecule has 2 rings (SSSR count). The van der Waals surface area contributed by atoms with E-state index in [1.807, 2.05) is 0 Å². The van der Waals surface area contributed by atoms with Gasteiger partial charge in [0.1, 0.15) is 17.3 Å². The molecule has 1 aromatic heterocycles. The van der Waals surface area contributed by atoms with E-state index in [1.165, 1.54) is 11.8 Å². The molecule has 0 bridgehead atoms. The number of nitrogens with zero attached hydrogens (tertiary/aromatic N) is 1. The first-order chi connectivity index (χ1) is 9.71. The second kappa shape index (κ2) is 5.43. The molecular formula is C11H9F3N2O4S. The smallest absolute Gasteiger partial charge is 0.431 e. The third-order valence-electron chi connectivity index (χ3n) is 2.87. The molecule has 1 unspecified atom stereocenters. The van der Waals surface area contributed by atoms with Gasteiger partial charge in [0.15, 0.2) is 0 Å². The van der Waals surface area contributed by atoms with Crippen molar-refractivity contribution in [3.63, 3.8) is 0 Å². The summed E-state index contributed by atoms with van der Waals surface area (Å²) in [5.74, 6) is -1.89. The standard InChI is InChI=1S/C11H9F3N2O4S/c12-11(13,14)7-2-1-5(8(17)15-7)9(18)16-4-21-3-6(16)10(19)20/h1-2,6H,3-4H2,(H,15,17)(H,19,20). The number of pyridine rings is 1. The van der Waals surface area contributed by atoms with Crippen LogP contribution in [-0.4, -0.2) is 44.5 Å². The van der Waals surface area contributed by atoms with Crippen LogP contribution >= 0.6 is 11.8 Å². The number of carbonyl (C=O) groups excluding carboxylic acids is 1. The van der Waals surface area contributed by atoms with Crippen molar-refractivity contribution in [1.29, 1.82) is 0 Å². The van der Waals surface area contributed by atoms with Crippen LogP contribution in [0.1, 0.15) is 16.1 Å². The summed E-state index contributed by atoms with van der Waals surface area (Å²) in [6.45, 7) is 0. The maximum absolute atomic E-state index is 12.4. The molecule has 1 aliphatic rings. The minimum absolute atomic E-state index is 0.0657. The molecule has 2 heterocycles. The molecule has 114 valence electrons. The molecule has 6 nitrogen and oxygen atoms in total. The Kier molecular flexibility index (Phi) is 3.99. The van der Waals surface area contributed by atoms with E-state index in [0.717, 1.165) is 11.0 Å². The molecule has 0 aromatic carbocycles. The zero-order chi connectivity index (χ0) is 15.8. The van der Waals surface area contributed by atoms with E-state index in [9.17, 15) is 27.6 Å². The monoisotopic (exact) mass is 322 g/mol. The van der Waals surface area contributed by atoms with E-state index < -0.39 is 40.9 Å². The molecule has 0 spiro atoms. The topological polar surface area (TPSA) is 90.5 Å². The zero-order valence-electron chi connectivity index (χ0n) is 10.3. The van der Waals surface area contributed by atoms with E-state index in [-0.39, 0.29) is 11.6 Å². The van der Waals surface area contributed by atoms with Crippen molar-refractivity contribution in [3.05, 3.63) is 33.7 Å². The van der Waals surface area contributed by atoms with Gasteiger partial charge in [-0.3, -0.25) is 9.59 Å². The van der Waals surface area contributed by atoms with Crippen LogP contribution in [0.15, 0.2) is 16.9 Å². The average Bonchev–Trinajstić information content (AvgIpc) is 2.86. The first-order valence-electron chi connectivity index (χ1n) is 5.64. The second-order valence-electron chi connectivity index (χ2n) is 4.24. The minimum Gasteiger partial charge on any atom is -0.480 e. The molecule has 0 aliphatic carbocycles. The van der Waals surface area contributed by atoms with Crippen LogP contribution in [-0.2, 0) is 11.0 Å². The molecule has 1 aliphatic heterocycles. The van der Waals surface area contributed by atoms with Crippen LogP contribution in [0.25, 0.3) is 0 Å². The van der Waals surface area contributed by atoms with Gasteiger partial charge in [-0.05, 0) is 12.1 Å². The van der Waals surface area contributed by atoms with Crippen molar-refractivity contribution in [3.8, 4) is 0 Å². The highest BCUT2D eigenvalue weighted by Gasteiger charge is 2.37. The second-order valence-corrected chi connectivity index (χ2v) is 5.24. The Morgan fingerprint density at radius 1 is 1.38 bits per heavy atom. The molecular weight excluding hydrogens is 313 g/mol. The number of aromatic amines is 1. The van der Waals surface area contributed by atoms with E-state index in [1.54, 1.807) is 4.98 Å². The fourth-order valence-corrected chi connectivity index (χ4v) is 2.95. The number of nitrogens with one attached hydrogen (secondary N) is 1. The van der Waals surface area contributed by atoms with E-state index in [2.05, 4.69) is 0 Å². The third-order valence-corrected chi connectivity index (χ3v) is 3.89. The van der Waals surface area contributed by atoms with Gasteiger partial charge < -0.3 is 15.0 Å². The van der Waals surface area contributed by atoms with Gasteiger partial charge >= 0.3 is 12.1 Å². The lowest BCUT2D eigenvalue weighted by Gasteiger charge is -2.20. The molecule has 21 heavy (non-hydrogen) atoms. The Labute approximate surface area is 119 Å². The van der Waals surface area contributed by atoms with E-state index in [4.69, 9.17) is 5.11 Å². The fourth-order valence-electron chi connectivity index (χ4n) is 1.81. The molecule has 1 amide bonds. The third kappa shape index (κ3) is 3.04. The van der Waals surface area contributed by atoms with Gasteiger partial charge in [0, 0.05) is 5.75 Å². The average molecular weight is 322 g/mol. The number of alkyl halides is 3. The van der Waals surface area contributed by atoms with Crippen molar-refractivity contribution < 1.29 is 27.9 Å². The van der Waals surface area contributed by atoms with Crippen LogP contribution in [0.4, 0.5) is 13.2 Å². The van der Waals surface area contributed by atoms with E-state index >= 15 is 0 Å². The molecule has 1 aromatic rings. The Balaban J connectivity index is 2.32. The zero-order valence-corrected chi connectivity index (χ0v) is 11.1. The number of carbonyl (C=O) groups is 2. The van der Waals surface area contributed by atoms with Gasteiger partial charge in [-0.1, -0.05) is 0 Å². The summed E-state index contributed by atoms with van der Waals surface area (Å²) in [7, 11) is 0. The molecule has 10 heteroatoms. The summed E-state index contributed by atoms with van der Waals surface area (Å²) in [5, 5.41) is 8.96. The van der Waals surface area contributed by atoms with Crippen molar-refractivity contribution in [2.24, 2.45) is 0 Å². The molecule has 1 saturated heterocycles. The van der Waals surface area contributed by atoms with Crippen molar-refractivity contribution >= 4 is 23.6 Å². The molecule has 1 fully saturated rings. The van der Waals surface area contributed by atoms with Crippen LogP contribution in [0.3, 0.4) is 0 Å². The maximum Gasteiger partial charge on any atom is 0.431 e. The molecule has 1 atom stereocenters. The summed E-state index contributed by atoms with van der Waals surface area (Å²) in [4.78, 5) is 37.2. The van der Waals surface area contributed by atoms with Crippen LogP contribution in [0.2, 0.25) is 0 Å². The number of aromatic nitrogens is 1. The maximum atomic E-state index is 12.4. The predicted octanol–water partition coefficient (Wildman–Crippen LogP) is 0.993. The Morgan fingerprint density at radius 2 is 2.05 bits per heavy atom. The summed E-state index contributed by atoms with van der Waals surface area (Å²) < 4.78 is 37.3. The Morgan fingerprint density at radius 3 is 2.57 bits per heavy atom. The predicted molar refractivity (Wildman–Crippen MR) is 67.0 cm³/mol. The first-order valence-corrected chi connectivity index (χ1v) is 6.79. The normalized spacial score (nSPS) is 18.8. The highest BCUT2D eigenvalue weighted by Crippen LogP contribution is 2.27. The van der Waals surface area contributed by atoms with Gasteiger partial charge in [-0.25, -0.2) is 4.79 Å². The van der Waals surface area contributed by atoms with Crippen LogP contribution in [0.5, 0.6) is 0 Å². The van der Waals surface area contributed by atoms with Crippen LogP contribution in [0, 0.1) is 0 Å². The molecule has 0 radical (unpaired) electrons. The van der Waals surface area contributed by atoms with E-state index in [0.29, 0.717) is 6.07 Å². The van der Waals surface area contributed by atoms with Gasteiger partial charge in [0.25, 0.3) is 11.5 Å².